The van der Waals surface area contributed by atoms with Crippen LogP contribution in [-0.2, 0) is 13.9 Å². The largest absolute Gasteiger partial charge is 0.412 e. The highest BCUT2D eigenvalue weighted by atomic mass is 32.2. The lowest BCUT2D eigenvalue weighted by Crippen LogP contribution is -2.05. The van der Waals surface area contributed by atoms with E-state index >= 15 is 0 Å². The quantitative estimate of drug-likeness (QED) is 0.563. The number of nitrogens with one attached hydrogen (secondary N) is 2. The highest BCUT2D eigenvalue weighted by Gasteiger charge is 2.16. The van der Waals surface area contributed by atoms with Crippen LogP contribution < -0.4 is 9.81 Å². The maximum Gasteiger partial charge on any atom is 0.412 e. The van der Waals surface area contributed by atoms with Gasteiger partial charge in [-0.1, -0.05) is 0 Å². The van der Waals surface area contributed by atoms with Gasteiger partial charge < -0.3 is 10.2 Å². The van der Waals surface area contributed by atoms with Gasteiger partial charge in [0.15, 0.2) is 0 Å². The summed E-state index contributed by atoms with van der Waals surface area (Å²) in [4.78, 5) is 20.6. The average molecular weight is 276 g/mol. The first-order chi connectivity index (χ1) is 7.93. The van der Waals surface area contributed by atoms with Crippen molar-refractivity contribution >= 4 is 31.3 Å². The monoisotopic (exact) mass is 276 g/mol. The van der Waals surface area contributed by atoms with Gasteiger partial charge in [-0.15, -0.1) is 0 Å². The Bertz CT molecular complexity index is 437. The zero-order valence-electron chi connectivity index (χ0n) is 9.34. The van der Waals surface area contributed by atoms with Gasteiger partial charge in [0.2, 0.25) is 5.91 Å². The van der Waals surface area contributed by atoms with E-state index in [1.165, 1.54) is 6.92 Å². The number of anilines is 1. The number of hydrogen-bond acceptors (Lipinski definition) is 4. The third-order valence-corrected chi connectivity index (χ3v) is 3.99. The molecule has 0 aliphatic carbocycles. The third-order valence-electron chi connectivity index (χ3n) is 1.70. The summed E-state index contributed by atoms with van der Waals surface area (Å²) in [5.74, 6) is -0.150. The molecule has 6 nitrogen and oxygen atoms in total. The zero-order chi connectivity index (χ0) is 12.9. The van der Waals surface area contributed by atoms with E-state index in [0.29, 0.717) is 5.69 Å². The Kier molecular flexibility index (Phi) is 5.17. The molecule has 8 heteroatoms. The van der Waals surface area contributed by atoms with Crippen LogP contribution in [0.3, 0.4) is 0 Å². The van der Waals surface area contributed by atoms with Crippen molar-refractivity contribution in [2.75, 3.05) is 12.4 Å². The molecule has 0 aromatic heterocycles. The molecule has 1 rings (SSSR count). The van der Waals surface area contributed by atoms with Gasteiger partial charge in [0, 0.05) is 24.6 Å². The Hall–Kier alpha value is -0.850. The van der Waals surface area contributed by atoms with Crippen molar-refractivity contribution in [2.45, 2.75) is 11.8 Å². The van der Waals surface area contributed by atoms with Gasteiger partial charge in [0.1, 0.15) is 0 Å². The zero-order valence-corrected chi connectivity index (χ0v) is 11.0. The maximum absolute atomic E-state index is 11.1. The third kappa shape index (κ3) is 5.34. The SMILES string of the molecule is COP(=O)(O)NSc1ccc(NC(C)=O)cc1. The van der Waals surface area contributed by atoms with Crippen LogP contribution in [0.15, 0.2) is 29.2 Å². The van der Waals surface area contributed by atoms with Crippen molar-refractivity contribution in [1.29, 1.82) is 0 Å². The molecule has 0 aliphatic rings. The summed E-state index contributed by atoms with van der Waals surface area (Å²) in [6, 6.07) is 6.80. The Morgan fingerprint density at radius 3 is 2.47 bits per heavy atom. The molecule has 1 aromatic carbocycles. The first-order valence-corrected chi connectivity index (χ1v) is 7.02. The minimum atomic E-state index is -3.73. The van der Waals surface area contributed by atoms with Crippen molar-refractivity contribution in [1.82, 2.24) is 4.49 Å². The van der Waals surface area contributed by atoms with Gasteiger partial charge in [-0.3, -0.25) is 9.32 Å². The van der Waals surface area contributed by atoms with E-state index in [0.717, 1.165) is 24.0 Å². The van der Waals surface area contributed by atoms with E-state index in [1.807, 2.05) is 0 Å². The van der Waals surface area contributed by atoms with Crippen LogP contribution in [0.5, 0.6) is 0 Å². The van der Waals surface area contributed by atoms with Gasteiger partial charge in [-0.2, -0.15) is 4.49 Å². The van der Waals surface area contributed by atoms with Crippen LogP contribution >= 0.6 is 19.7 Å². The topological polar surface area (TPSA) is 87.7 Å². The van der Waals surface area contributed by atoms with Gasteiger partial charge >= 0.3 is 7.75 Å². The molecule has 0 spiro atoms. The van der Waals surface area contributed by atoms with Crippen molar-refractivity contribution < 1.29 is 18.8 Å². The molecule has 3 N–H and O–H groups in total. The fourth-order valence-electron chi connectivity index (χ4n) is 0.957. The fourth-order valence-corrected chi connectivity index (χ4v) is 2.41. The van der Waals surface area contributed by atoms with Gasteiger partial charge in [0.05, 0.1) is 0 Å². The predicted molar refractivity (Wildman–Crippen MR) is 66.6 cm³/mol. The van der Waals surface area contributed by atoms with Crippen molar-refractivity contribution in [2.24, 2.45) is 0 Å². The van der Waals surface area contributed by atoms with E-state index in [2.05, 4.69) is 14.3 Å². The number of rotatable bonds is 5. The lowest BCUT2D eigenvalue weighted by Gasteiger charge is -2.09. The van der Waals surface area contributed by atoms with E-state index in [-0.39, 0.29) is 5.91 Å². The summed E-state index contributed by atoms with van der Waals surface area (Å²) >= 11 is 0.979. The molecule has 1 atom stereocenters. The molecule has 0 saturated heterocycles. The Morgan fingerprint density at radius 2 is 2.00 bits per heavy atom. The molecule has 1 aromatic rings. The number of benzene rings is 1. The molecule has 0 bridgehead atoms. The fraction of sp³-hybridized carbons (Fsp3) is 0.222. The molecular weight excluding hydrogens is 263 g/mol. The first-order valence-electron chi connectivity index (χ1n) is 4.63. The second-order valence-corrected chi connectivity index (χ2v) is 5.91. The first kappa shape index (κ1) is 14.2. The molecule has 94 valence electrons. The van der Waals surface area contributed by atoms with E-state index in [1.54, 1.807) is 24.3 Å². The molecule has 1 unspecified atom stereocenters. The number of carbonyl (C=O) groups is 1. The molecule has 17 heavy (non-hydrogen) atoms. The minimum absolute atomic E-state index is 0.150. The number of carbonyl (C=O) groups excluding carboxylic acids is 1. The Morgan fingerprint density at radius 1 is 1.41 bits per heavy atom. The molecule has 0 aliphatic heterocycles. The predicted octanol–water partition coefficient (Wildman–Crippen LogP) is 1.99. The van der Waals surface area contributed by atoms with Gasteiger partial charge in [-0.05, 0) is 36.2 Å². The lowest BCUT2D eigenvalue weighted by molar-refractivity contribution is -0.114. The van der Waals surface area contributed by atoms with Crippen LogP contribution in [0, 0.1) is 0 Å². The van der Waals surface area contributed by atoms with Crippen LogP contribution in [0.2, 0.25) is 0 Å². The molecule has 0 heterocycles. The summed E-state index contributed by atoms with van der Waals surface area (Å²) in [7, 11) is -2.58. The van der Waals surface area contributed by atoms with Gasteiger partial charge in [0.25, 0.3) is 0 Å². The molecular formula is C9H13N2O4PS. The minimum Gasteiger partial charge on any atom is -0.326 e. The summed E-state index contributed by atoms with van der Waals surface area (Å²) in [6.45, 7) is 1.42. The standard InChI is InChI=1S/C9H13N2O4PS/c1-7(12)10-8-3-5-9(6-4-8)17-11-16(13,14)15-2/h3-6H,1-2H3,(H,10,12)(H2,11,13,14). The van der Waals surface area contributed by atoms with Gasteiger partial charge in [-0.25, -0.2) is 4.57 Å². The van der Waals surface area contributed by atoms with Crippen LogP contribution in [0.1, 0.15) is 6.92 Å². The summed E-state index contributed by atoms with van der Waals surface area (Å²) < 4.78 is 17.8. The number of hydrogen-bond donors (Lipinski definition) is 3. The molecule has 0 saturated carbocycles. The maximum atomic E-state index is 11.1. The molecule has 0 fully saturated rings. The normalized spacial score (nSPS) is 14.1. The van der Waals surface area contributed by atoms with Crippen molar-refractivity contribution in [3.8, 4) is 0 Å². The molecule has 1 amide bonds. The summed E-state index contributed by atoms with van der Waals surface area (Å²) in [5, 5.41) is 2.62. The smallest absolute Gasteiger partial charge is 0.326 e. The van der Waals surface area contributed by atoms with Crippen LogP contribution in [-0.4, -0.2) is 17.9 Å². The summed E-state index contributed by atoms with van der Waals surface area (Å²) in [6.07, 6.45) is 0. The van der Waals surface area contributed by atoms with E-state index in [4.69, 9.17) is 4.89 Å². The van der Waals surface area contributed by atoms with Crippen molar-refractivity contribution in [3.63, 3.8) is 0 Å². The Labute approximate surface area is 103 Å². The number of amides is 1. The second kappa shape index (κ2) is 6.18. The van der Waals surface area contributed by atoms with Crippen LogP contribution in [0.4, 0.5) is 5.69 Å². The lowest BCUT2D eigenvalue weighted by atomic mass is 10.3. The highest BCUT2D eigenvalue weighted by molar-refractivity contribution is 8.01. The molecule has 0 radical (unpaired) electrons. The highest BCUT2D eigenvalue weighted by Crippen LogP contribution is 2.39. The Balaban J connectivity index is 2.57. The summed E-state index contributed by atoms with van der Waals surface area (Å²) in [5.41, 5.74) is 0.667. The van der Waals surface area contributed by atoms with E-state index < -0.39 is 7.75 Å². The second-order valence-electron chi connectivity index (χ2n) is 3.10. The van der Waals surface area contributed by atoms with E-state index in [9.17, 15) is 9.36 Å². The average Bonchev–Trinajstić information content (AvgIpc) is 2.28. The van der Waals surface area contributed by atoms with Crippen LogP contribution in [0.25, 0.3) is 0 Å². The van der Waals surface area contributed by atoms with Crippen molar-refractivity contribution in [3.05, 3.63) is 24.3 Å².